The summed E-state index contributed by atoms with van der Waals surface area (Å²) < 4.78 is 0. The molecule has 0 bridgehead atoms. The highest BCUT2D eigenvalue weighted by Crippen LogP contribution is 2.18. The van der Waals surface area contributed by atoms with Crippen LogP contribution in [0.1, 0.15) is 5.56 Å². The quantitative estimate of drug-likeness (QED) is 0.694. The van der Waals surface area contributed by atoms with E-state index in [1.807, 2.05) is 6.07 Å². The molecule has 20 heavy (non-hydrogen) atoms. The fraction of sp³-hybridized carbons (Fsp3) is 0.0769. The van der Waals surface area contributed by atoms with Gasteiger partial charge in [-0.05, 0) is 35.9 Å². The summed E-state index contributed by atoms with van der Waals surface area (Å²) >= 11 is 5.75. The van der Waals surface area contributed by atoms with Crippen LogP contribution >= 0.6 is 11.6 Å². The Bertz CT molecular complexity index is 589. The van der Waals surface area contributed by atoms with Crippen LogP contribution in [-0.4, -0.2) is 11.0 Å². The molecule has 0 unspecified atom stereocenters. The van der Waals surface area contributed by atoms with Crippen molar-refractivity contribution in [3.63, 3.8) is 0 Å². The topological polar surface area (TPSA) is 74.7 Å². The van der Waals surface area contributed by atoms with Gasteiger partial charge in [0.1, 0.15) is 0 Å². The number of anilines is 1. The zero-order valence-corrected chi connectivity index (χ0v) is 11.1. The van der Waals surface area contributed by atoms with Gasteiger partial charge in [0.15, 0.2) is 0 Å². The molecule has 0 fully saturated rings. The number of hydrogen-bond acceptors (Lipinski definition) is 4. The maximum Gasteiger partial charge on any atom is 0.345 e. The normalized spacial score (nSPS) is 9.85. The zero-order valence-electron chi connectivity index (χ0n) is 10.4. The van der Waals surface area contributed by atoms with Crippen molar-refractivity contribution in [2.24, 2.45) is 5.29 Å². The number of benzene rings is 1. The Morgan fingerprint density at radius 1 is 1.30 bits per heavy atom. The number of hydrogen-bond donors (Lipinski definition) is 1. The average molecular weight is 291 g/mol. The first-order chi connectivity index (χ1) is 9.70. The first kappa shape index (κ1) is 14.0. The van der Waals surface area contributed by atoms with E-state index in [4.69, 9.17) is 11.6 Å². The Morgan fingerprint density at radius 2 is 2.05 bits per heavy atom. The van der Waals surface area contributed by atoms with Gasteiger partial charge in [-0.1, -0.05) is 17.7 Å². The molecule has 102 valence electrons. The summed E-state index contributed by atoms with van der Waals surface area (Å²) in [6.45, 7) is 0.256. The number of urea groups is 1. The highest BCUT2D eigenvalue weighted by atomic mass is 35.5. The van der Waals surface area contributed by atoms with Crippen LogP contribution in [0.15, 0.2) is 54.1 Å². The van der Waals surface area contributed by atoms with E-state index in [1.165, 1.54) is 12.1 Å². The van der Waals surface area contributed by atoms with E-state index >= 15 is 0 Å². The summed E-state index contributed by atoms with van der Waals surface area (Å²) in [7, 11) is 0. The molecule has 2 amide bonds. The van der Waals surface area contributed by atoms with Crippen molar-refractivity contribution in [1.29, 1.82) is 0 Å². The van der Waals surface area contributed by atoms with E-state index in [-0.39, 0.29) is 6.54 Å². The molecule has 0 spiro atoms. The SMILES string of the molecule is O=NN(C(=O)NCc1cccnc1)c1ccc(Cl)cc1. The average Bonchev–Trinajstić information content (AvgIpc) is 2.49. The number of nitrogens with zero attached hydrogens (tertiary/aromatic N) is 3. The predicted molar refractivity (Wildman–Crippen MR) is 76.2 cm³/mol. The maximum atomic E-state index is 11.9. The van der Waals surface area contributed by atoms with Gasteiger partial charge in [0.2, 0.25) is 0 Å². The van der Waals surface area contributed by atoms with Crippen LogP contribution in [0.4, 0.5) is 10.5 Å². The van der Waals surface area contributed by atoms with E-state index in [0.29, 0.717) is 10.7 Å². The highest BCUT2D eigenvalue weighted by molar-refractivity contribution is 6.30. The van der Waals surface area contributed by atoms with Crippen molar-refractivity contribution in [3.05, 3.63) is 64.3 Å². The number of nitrogens with one attached hydrogen (secondary N) is 1. The van der Waals surface area contributed by atoms with Gasteiger partial charge in [-0.2, -0.15) is 0 Å². The van der Waals surface area contributed by atoms with Crippen LogP contribution in [0.25, 0.3) is 0 Å². The van der Waals surface area contributed by atoms with Gasteiger partial charge < -0.3 is 5.32 Å². The molecule has 0 radical (unpaired) electrons. The fourth-order valence-electron chi connectivity index (χ4n) is 1.54. The molecule has 7 heteroatoms. The third kappa shape index (κ3) is 3.52. The summed E-state index contributed by atoms with van der Waals surface area (Å²) in [6.07, 6.45) is 3.26. The van der Waals surface area contributed by atoms with Gasteiger partial charge >= 0.3 is 6.03 Å². The summed E-state index contributed by atoms with van der Waals surface area (Å²) in [5.74, 6) is 0. The van der Waals surface area contributed by atoms with Crippen LogP contribution in [0.3, 0.4) is 0 Å². The highest BCUT2D eigenvalue weighted by Gasteiger charge is 2.16. The third-order valence-corrected chi connectivity index (χ3v) is 2.76. The van der Waals surface area contributed by atoms with Gasteiger partial charge in [-0.15, -0.1) is 9.92 Å². The van der Waals surface area contributed by atoms with E-state index in [1.54, 1.807) is 30.6 Å². The summed E-state index contributed by atoms with van der Waals surface area (Å²) in [6, 6.07) is 9.17. The Hall–Kier alpha value is -2.47. The van der Waals surface area contributed by atoms with Gasteiger partial charge in [0.05, 0.1) is 11.0 Å². The molecule has 1 N–H and O–H groups in total. The van der Waals surface area contributed by atoms with E-state index in [9.17, 15) is 9.70 Å². The van der Waals surface area contributed by atoms with E-state index < -0.39 is 6.03 Å². The van der Waals surface area contributed by atoms with Crippen LogP contribution in [-0.2, 0) is 6.54 Å². The first-order valence-electron chi connectivity index (χ1n) is 5.76. The molecule has 6 nitrogen and oxygen atoms in total. The summed E-state index contributed by atoms with van der Waals surface area (Å²) in [5, 5.41) is 6.53. The molecule has 1 aromatic heterocycles. The number of pyridine rings is 1. The van der Waals surface area contributed by atoms with Gasteiger partial charge in [0.25, 0.3) is 0 Å². The third-order valence-electron chi connectivity index (χ3n) is 2.51. The largest absolute Gasteiger partial charge is 0.345 e. The van der Waals surface area contributed by atoms with Crippen LogP contribution in [0.2, 0.25) is 5.02 Å². The lowest BCUT2D eigenvalue weighted by atomic mass is 10.3. The van der Waals surface area contributed by atoms with Gasteiger partial charge in [-0.3, -0.25) is 4.98 Å². The first-order valence-corrected chi connectivity index (χ1v) is 6.14. The van der Waals surface area contributed by atoms with Gasteiger partial charge in [0, 0.05) is 24.0 Å². The minimum Gasteiger partial charge on any atom is -0.332 e. The molecule has 0 aliphatic carbocycles. The number of amides is 2. The molecule has 1 aromatic carbocycles. The Labute approximate surface area is 120 Å². The van der Waals surface area contributed by atoms with Crippen LogP contribution in [0.5, 0.6) is 0 Å². The Morgan fingerprint density at radius 3 is 2.65 bits per heavy atom. The molecule has 0 saturated heterocycles. The molecule has 2 aromatic rings. The molecule has 2 rings (SSSR count). The van der Waals surface area contributed by atoms with Crippen molar-refractivity contribution in [1.82, 2.24) is 10.3 Å². The molecular weight excluding hydrogens is 280 g/mol. The van der Waals surface area contributed by atoms with E-state index in [0.717, 1.165) is 10.6 Å². The molecule has 0 saturated carbocycles. The summed E-state index contributed by atoms with van der Waals surface area (Å²) in [5.41, 5.74) is 1.16. The lowest BCUT2D eigenvalue weighted by molar-refractivity contribution is 0.246. The second-order valence-corrected chi connectivity index (χ2v) is 4.33. The van der Waals surface area contributed by atoms with Crippen LogP contribution < -0.4 is 10.3 Å². The molecule has 0 atom stereocenters. The number of rotatable bonds is 4. The fourth-order valence-corrected chi connectivity index (χ4v) is 1.67. The number of carbonyl (C=O) groups excluding carboxylic acids is 1. The molecule has 1 heterocycles. The molecular formula is C13H11ClN4O2. The number of carbonyl (C=O) groups is 1. The van der Waals surface area contributed by atoms with Crippen molar-refractivity contribution in [2.45, 2.75) is 6.54 Å². The Balaban J connectivity index is 2.02. The maximum absolute atomic E-state index is 11.9. The van der Waals surface area contributed by atoms with Gasteiger partial charge in [-0.25, -0.2) is 4.79 Å². The monoisotopic (exact) mass is 290 g/mol. The van der Waals surface area contributed by atoms with Crippen LogP contribution in [0, 0.1) is 4.91 Å². The second-order valence-electron chi connectivity index (χ2n) is 3.89. The van der Waals surface area contributed by atoms with Crippen molar-refractivity contribution >= 4 is 23.3 Å². The molecule has 0 aliphatic rings. The zero-order chi connectivity index (χ0) is 14.4. The smallest absolute Gasteiger partial charge is 0.332 e. The minimum atomic E-state index is -0.619. The Kier molecular flexibility index (Phi) is 4.62. The van der Waals surface area contributed by atoms with Crippen molar-refractivity contribution in [3.8, 4) is 0 Å². The summed E-state index contributed by atoms with van der Waals surface area (Å²) in [4.78, 5) is 26.6. The second kappa shape index (κ2) is 6.63. The number of aromatic nitrogens is 1. The van der Waals surface area contributed by atoms with Crippen molar-refractivity contribution < 1.29 is 4.79 Å². The molecule has 0 aliphatic heterocycles. The minimum absolute atomic E-state index is 0.256. The van der Waals surface area contributed by atoms with E-state index in [2.05, 4.69) is 15.6 Å². The number of halogens is 1. The lowest BCUT2D eigenvalue weighted by Crippen LogP contribution is -2.35. The number of nitroso groups, excluding NO2 is 1. The lowest BCUT2D eigenvalue weighted by Gasteiger charge is -2.14. The van der Waals surface area contributed by atoms with Crippen molar-refractivity contribution in [2.75, 3.05) is 5.01 Å². The predicted octanol–water partition coefficient (Wildman–Crippen LogP) is 3.13. The standard InChI is InChI=1S/C13H11ClN4O2/c14-11-3-5-12(6-4-11)18(17-20)13(19)16-9-10-2-1-7-15-8-10/h1-8H,9H2,(H,16,19).